The largest absolute Gasteiger partial charge is 0.481 e. The van der Waals surface area contributed by atoms with Gasteiger partial charge in [-0.3, -0.25) is 4.79 Å². The van der Waals surface area contributed by atoms with Crippen molar-refractivity contribution in [1.29, 1.82) is 0 Å². The molecule has 26 heavy (non-hydrogen) atoms. The molecule has 4 rings (SSSR count). The number of methoxy groups -OCH3 is 1. The van der Waals surface area contributed by atoms with E-state index in [4.69, 9.17) is 4.74 Å². The number of hydrogen-bond acceptors (Lipinski definition) is 6. The maximum atomic E-state index is 12.5. The Morgan fingerprint density at radius 1 is 1.35 bits per heavy atom. The molecular weight excluding hydrogens is 334 g/mol. The molecule has 3 aromatic heterocycles. The van der Waals surface area contributed by atoms with Crippen LogP contribution in [-0.2, 0) is 13.5 Å². The average molecular weight is 353 g/mol. The summed E-state index contributed by atoms with van der Waals surface area (Å²) in [5.74, 6) is 2.19. The molecule has 1 atom stereocenters. The molecule has 0 bridgehead atoms. The Morgan fingerprint density at radius 2 is 2.19 bits per heavy atom. The van der Waals surface area contributed by atoms with Crippen molar-refractivity contribution < 1.29 is 9.53 Å². The van der Waals surface area contributed by atoms with E-state index >= 15 is 0 Å². The van der Waals surface area contributed by atoms with Crippen molar-refractivity contribution in [2.45, 2.75) is 25.8 Å². The van der Waals surface area contributed by atoms with Gasteiger partial charge in [0.2, 0.25) is 5.88 Å². The zero-order valence-electron chi connectivity index (χ0n) is 14.8. The van der Waals surface area contributed by atoms with Crippen molar-refractivity contribution in [1.82, 2.24) is 29.5 Å². The van der Waals surface area contributed by atoms with E-state index in [1.165, 1.54) is 18.0 Å². The summed E-state index contributed by atoms with van der Waals surface area (Å²) in [7, 11) is 3.21. The number of aryl methyl sites for hydroxylation is 2. The summed E-state index contributed by atoms with van der Waals surface area (Å²) >= 11 is 0. The van der Waals surface area contributed by atoms with Crippen LogP contribution in [0.25, 0.3) is 11.5 Å². The Bertz CT molecular complexity index is 975. The second-order valence-electron chi connectivity index (χ2n) is 6.25. The Hall–Kier alpha value is -3.23. The van der Waals surface area contributed by atoms with Crippen LogP contribution in [0.3, 0.4) is 0 Å². The quantitative estimate of drug-likeness (QED) is 0.768. The maximum Gasteiger partial charge on any atom is 0.263 e. The second-order valence-corrected chi connectivity index (χ2v) is 6.25. The van der Waals surface area contributed by atoms with Gasteiger partial charge in [-0.2, -0.15) is 5.10 Å². The van der Waals surface area contributed by atoms with Crippen LogP contribution >= 0.6 is 0 Å². The molecule has 3 aromatic rings. The highest BCUT2D eigenvalue weighted by atomic mass is 16.5. The summed E-state index contributed by atoms with van der Waals surface area (Å²) in [5.41, 5.74) is 1.02. The van der Waals surface area contributed by atoms with Gasteiger partial charge >= 0.3 is 0 Å². The van der Waals surface area contributed by atoms with Gasteiger partial charge in [-0.1, -0.05) is 6.07 Å². The minimum Gasteiger partial charge on any atom is -0.481 e. The smallest absolute Gasteiger partial charge is 0.263 e. The number of aromatic nitrogens is 6. The predicted octanol–water partition coefficient (Wildman–Crippen LogP) is 1.84. The lowest BCUT2D eigenvalue weighted by molar-refractivity contribution is 0.102. The second kappa shape index (κ2) is 6.25. The van der Waals surface area contributed by atoms with Gasteiger partial charge in [0.1, 0.15) is 22.9 Å². The van der Waals surface area contributed by atoms with Gasteiger partial charge in [0.15, 0.2) is 5.82 Å². The molecule has 0 aliphatic carbocycles. The lowest BCUT2D eigenvalue weighted by atomic mass is 10.2. The van der Waals surface area contributed by atoms with Crippen molar-refractivity contribution in [3.05, 3.63) is 35.8 Å². The summed E-state index contributed by atoms with van der Waals surface area (Å²) < 4.78 is 8.83. The average Bonchev–Trinajstić information content (AvgIpc) is 3.31. The standard InChI is InChI=1S/C17H19N7O2/c1-10-7-8-14-21-22-15(24(10)14)12-5-4-6-13(19-12)20-16(25)11-9-18-23(2)17(11)26-3/h4-6,9-10H,7-8H2,1-3H3,(H,19,20,25)/t10-/m0/s1. The van der Waals surface area contributed by atoms with Gasteiger partial charge < -0.3 is 14.6 Å². The minimum absolute atomic E-state index is 0.334. The predicted molar refractivity (Wildman–Crippen MR) is 94.0 cm³/mol. The molecule has 0 saturated heterocycles. The topological polar surface area (TPSA) is 99.8 Å². The Balaban J connectivity index is 1.62. The van der Waals surface area contributed by atoms with E-state index in [9.17, 15) is 4.79 Å². The third kappa shape index (κ3) is 2.61. The molecule has 4 heterocycles. The molecule has 9 heteroatoms. The summed E-state index contributed by atoms with van der Waals surface area (Å²) in [5, 5.41) is 15.3. The number of hydrogen-bond donors (Lipinski definition) is 1. The third-order valence-electron chi connectivity index (χ3n) is 4.54. The highest BCUT2D eigenvalue weighted by Crippen LogP contribution is 2.30. The monoisotopic (exact) mass is 353 g/mol. The number of carbonyl (C=O) groups excluding carboxylic acids is 1. The van der Waals surface area contributed by atoms with E-state index in [2.05, 4.69) is 37.1 Å². The van der Waals surface area contributed by atoms with Gasteiger partial charge in [-0.15, -0.1) is 10.2 Å². The maximum absolute atomic E-state index is 12.5. The van der Waals surface area contributed by atoms with Crippen LogP contribution < -0.4 is 10.1 Å². The molecule has 1 N–H and O–H groups in total. The molecule has 0 radical (unpaired) electrons. The SMILES string of the molecule is COc1c(C(=O)Nc2cccc(-c3nnc4n3[C@@H](C)CC4)n2)cnn1C. The van der Waals surface area contributed by atoms with Gasteiger partial charge in [-0.05, 0) is 25.5 Å². The number of ether oxygens (including phenoxy) is 1. The van der Waals surface area contributed by atoms with E-state index in [0.717, 1.165) is 24.5 Å². The number of pyridine rings is 1. The van der Waals surface area contributed by atoms with Crippen LogP contribution in [0.1, 0.15) is 35.6 Å². The van der Waals surface area contributed by atoms with Gasteiger partial charge in [0, 0.05) is 19.5 Å². The van der Waals surface area contributed by atoms with Crippen LogP contribution in [0.2, 0.25) is 0 Å². The fourth-order valence-corrected chi connectivity index (χ4v) is 3.24. The number of amides is 1. The highest BCUT2D eigenvalue weighted by Gasteiger charge is 2.25. The summed E-state index contributed by atoms with van der Waals surface area (Å²) in [4.78, 5) is 17.1. The molecule has 0 fully saturated rings. The molecule has 1 aliphatic rings. The van der Waals surface area contributed by atoms with Crippen LogP contribution in [0.4, 0.5) is 5.82 Å². The van der Waals surface area contributed by atoms with Gasteiger partial charge in [-0.25, -0.2) is 9.67 Å². The lowest BCUT2D eigenvalue weighted by Gasteiger charge is -2.10. The van der Waals surface area contributed by atoms with Crippen molar-refractivity contribution in [3.63, 3.8) is 0 Å². The number of anilines is 1. The van der Waals surface area contributed by atoms with Crippen LogP contribution in [0.5, 0.6) is 5.88 Å². The fourth-order valence-electron chi connectivity index (χ4n) is 3.24. The van der Waals surface area contributed by atoms with Crippen LogP contribution in [-0.4, -0.2) is 42.5 Å². The van der Waals surface area contributed by atoms with Crippen molar-refractivity contribution in [3.8, 4) is 17.4 Å². The number of nitrogens with one attached hydrogen (secondary N) is 1. The normalized spacial score (nSPS) is 15.7. The molecule has 134 valence electrons. The Morgan fingerprint density at radius 3 is 3.00 bits per heavy atom. The lowest BCUT2D eigenvalue weighted by Crippen LogP contribution is -2.14. The Labute approximate surface area is 150 Å². The molecule has 1 amide bonds. The van der Waals surface area contributed by atoms with Gasteiger partial charge in [0.25, 0.3) is 5.91 Å². The van der Waals surface area contributed by atoms with E-state index < -0.39 is 0 Å². The summed E-state index contributed by atoms with van der Waals surface area (Å²) in [6.07, 6.45) is 3.44. The first-order chi connectivity index (χ1) is 12.6. The molecule has 0 unspecified atom stereocenters. The molecule has 0 saturated carbocycles. The van der Waals surface area contributed by atoms with Crippen LogP contribution in [0.15, 0.2) is 24.4 Å². The van der Waals surface area contributed by atoms with E-state index in [0.29, 0.717) is 29.0 Å². The molecule has 0 spiro atoms. The zero-order valence-corrected chi connectivity index (χ0v) is 14.8. The first-order valence-corrected chi connectivity index (χ1v) is 8.37. The van der Waals surface area contributed by atoms with Gasteiger partial charge in [0.05, 0.1) is 13.3 Å². The van der Waals surface area contributed by atoms with E-state index in [1.807, 2.05) is 12.1 Å². The number of nitrogens with zero attached hydrogens (tertiary/aromatic N) is 6. The van der Waals surface area contributed by atoms with Crippen molar-refractivity contribution in [2.24, 2.45) is 7.05 Å². The highest BCUT2D eigenvalue weighted by molar-refractivity contribution is 6.05. The van der Waals surface area contributed by atoms with E-state index in [-0.39, 0.29) is 5.91 Å². The molecule has 0 aromatic carbocycles. The summed E-state index contributed by atoms with van der Waals surface area (Å²) in [6.45, 7) is 2.14. The first-order valence-electron chi connectivity index (χ1n) is 8.37. The molecular formula is C17H19N7O2. The Kier molecular flexibility index (Phi) is 3.90. The summed E-state index contributed by atoms with van der Waals surface area (Å²) in [6, 6.07) is 5.77. The van der Waals surface area contributed by atoms with E-state index in [1.54, 1.807) is 13.1 Å². The molecule has 1 aliphatic heterocycles. The first kappa shape index (κ1) is 16.2. The fraction of sp³-hybridized carbons (Fsp3) is 0.353. The zero-order chi connectivity index (χ0) is 18.3. The number of fused-ring (bicyclic) bond motifs is 1. The van der Waals surface area contributed by atoms with Crippen LogP contribution in [0, 0.1) is 0 Å². The number of rotatable bonds is 4. The van der Waals surface area contributed by atoms with Crippen molar-refractivity contribution in [2.75, 3.05) is 12.4 Å². The van der Waals surface area contributed by atoms with Crippen molar-refractivity contribution >= 4 is 11.7 Å². The third-order valence-corrected chi connectivity index (χ3v) is 4.54. The number of carbonyl (C=O) groups is 1. The molecule has 9 nitrogen and oxygen atoms in total. The minimum atomic E-state index is -0.334.